The van der Waals surface area contributed by atoms with E-state index in [2.05, 4.69) is 15.2 Å². The molecule has 7 heteroatoms. The van der Waals surface area contributed by atoms with Crippen LogP contribution in [0.4, 0.5) is 0 Å². The number of fused-ring (bicyclic) bond motifs is 1. The molecule has 0 bridgehead atoms. The number of aromatic amines is 2. The Bertz CT molecular complexity index is 952. The topological polar surface area (TPSA) is 95.0 Å². The lowest BCUT2D eigenvalue weighted by molar-refractivity contribution is 0.0675. The van der Waals surface area contributed by atoms with Gasteiger partial charge in [0.15, 0.2) is 5.76 Å². The summed E-state index contributed by atoms with van der Waals surface area (Å²) >= 11 is 0. The van der Waals surface area contributed by atoms with E-state index < -0.39 is 0 Å². The quantitative estimate of drug-likeness (QED) is 0.754. The zero-order valence-corrected chi connectivity index (χ0v) is 13.3. The highest BCUT2D eigenvalue weighted by atomic mass is 16.3. The molecular formula is C17H18N4O3. The number of aryl methyl sites for hydroxylation is 1. The number of amides is 1. The Morgan fingerprint density at radius 2 is 2.29 bits per heavy atom. The zero-order chi connectivity index (χ0) is 16.7. The Kier molecular flexibility index (Phi) is 3.48. The summed E-state index contributed by atoms with van der Waals surface area (Å²) in [6.45, 7) is 3.17. The SMILES string of the molecule is Cc1cccc2cc(C(=O)N3CCC[C@H](c4n[nH]c(=O)[nH]4)C3)oc12. The summed E-state index contributed by atoms with van der Waals surface area (Å²) in [6.07, 6.45) is 1.76. The van der Waals surface area contributed by atoms with E-state index in [0.29, 0.717) is 24.7 Å². The number of benzene rings is 1. The highest BCUT2D eigenvalue weighted by Gasteiger charge is 2.29. The Hall–Kier alpha value is -2.83. The van der Waals surface area contributed by atoms with Gasteiger partial charge in [-0.05, 0) is 31.4 Å². The van der Waals surface area contributed by atoms with E-state index >= 15 is 0 Å². The maximum atomic E-state index is 12.8. The molecule has 0 spiro atoms. The number of piperidine rings is 1. The molecule has 2 aromatic heterocycles. The van der Waals surface area contributed by atoms with Crippen molar-refractivity contribution < 1.29 is 9.21 Å². The fourth-order valence-corrected chi connectivity index (χ4v) is 3.33. The van der Waals surface area contributed by atoms with Crippen molar-refractivity contribution in [2.24, 2.45) is 0 Å². The summed E-state index contributed by atoms with van der Waals surface area (Å²) in [5.41, 5.74) is 1.45. The summed E-state index contributed by atoms with van der Waals surface area (Å²) in [4.78, 5) is 28.5. The molecule has 2 N–H and O–H groups in total. The number of nitrogens with zero attached hydrogens (tertiary/aromatic N) is 2. The molecule has 3 heterocycles. The third-order valence-corrected chi connectivity index (χ3v) is 4.57. The van der Waals surface area contributed by atoms with Crippen LogP contribution in [-0.2, 0) is 0 Å². The smallest absolute Gasteiger partial charge is 0.340 e. The first-order valence-corrected chi connectivity index (χ1v) is 8.05. The summed E-state index contributed by atoms with van der Waals surface area (Å²) in [6, 6.07) is 7.65. The van der Waals surface area contributed by atoms with Crippen LogP contribution in [-0.4, -0.2) is 39.1 Å². The third kappa shape index (κ3) is 2.51. The number of hydrogen-bond donors (Lipinski definition) is 2. The lowest BCUT2D eigenvalue weighted by atomic mass is 9.97. The number of carbonyl (C=O) groups is 1. The fraction of sp³-hybridized carbons (Fsp3) is 0.353. The minimum atomic E-state index is -0.318. The van der Waals surface area contributed by atoms with Gasteiger partial charge in [-0.2, -0.15) is 5.10 Å². The summed E-state index contributed by atoms with van der Waals surface area (Å²) in [5, 5.41) is 7.31. The molecule has 0 unspecified atom stereocenters. The third-order valence-electron chi connectivity index (χ3n) is 4.57. The van der Waals surface area contributed by atoms with Crippen LogP contribution in [0.2, 0.25) is 0 Å². The van der Waals surface area contributed by atoms with Crippen LogP contribution in [0.5, 0.6) is 0 Å². The molecule has 1 aliphatic heterocycles. The van der Waals surface area contributed by atoms with Gasteiger partial charge in [0, 0.05) is 24.4 Å². The number of likely N-dealkylation sites (tertiary alicyclic amines) is 1. The Morgan fingerprint density at radius 3 is 3.04 bits per heavy atom. The number of nitrogens with one attached hydrogen (secondary N) is 2. The number of carbonyl (C=O) groups excluding carboxylic acids is 1. The second-order valence-electron chi connectivity index (χ2n) is 6.26. The average Bonchev–Trinajstić information content (AvgIpc) is 3.21. The van der Waals surface area contributed by atoms with Crippen LogP contribution < -0.4 is 5.69 Å². The predicted molar refractivity (Wildman–Crippen MR) is 88.0 cm³/mol. The fourth-order valence-electron chi connectivity index (χ4n) is 3.33. The number of aromatic nitrogens is 3. The summed E-state index contributed by atoms with van der Waals surface area (Å²) in [5.74, 6) is 0.884. The van der Waals surface area contributed by atoms with Gasteiger partial charge in [0.2, 0.25) is 0 Å². The highest BCUT2D eigenvalue weighted by Crippen LogP contribution is 2.27. The van der Waals surface area contributed by atoms with Gasteiger partial charge in [-0.1, -0.05) is 18.2 Å². The van der Waals surface area contributed by atoms with Crippen LogP contribution in [0.15, 0.2) is 33.5 Å². The Balaban J connectivity index is 1.58. The van der Waals surface area contributed by atoms with Crippen LogP contribution in [0.3, 0.4) is 0 Å². The van der Waals surface area contributed by atoms with Crippen LogP contribution in [0.25, 0.3) is 11.0 Å². The first kappa shape index (κ1) is 14.7. The summed E-state index contributed by atoms with van der Waals surface area (Å²) < 4.78 is 5.79. The van der Waals surface area contributed by atoms with Crippen LogP contribution in [0, 0.1) is 6.92 Å². The molecule has 1 saturated heterocycles. The minimum absolute atomic E-state index is 0.0350. The van der Waals surface area contributed by atoms with Crippen molar-refractivity contribution in [1.82, 2.24) is 20.1 Å². The monoisotopic (exact) mass is 326 g/mol. The van der Waals surface area contributed by atoms with Gasteiger partial charge in [-0.3, -0.25) is 9.78 Å². The molecule has 0 radical (unpaired) electrons. The number of hydrogen-bond acceptors (Lipinski definition) is 4. The molecular weight excluding hydrogens is 308 g/mol. The zero-order valence-electron chi connectivity index (χ0n) is 13.3. The number of H-pyrrole nitrogens is 2. The van der Waals surface area contributed by atoms with E-state index in [-0.39, 0.29) is 17.5 Å². The van der Waals surface area contributed by atoms with Crippen molar-refractivity contribution in [3.63, 3.8) is 0 Å². The largest absolute Gasteiger partial charge is 0.451 e. The van der Waals surface area contributed by atoms with Gasteiger partial charge >= 0.3 is 5.69 Å². The highest BCUT2D eigenvalue weighted by molar-refractivity contribution is 5.96. The second kappa shape index (κ2) is 5.67. The molecule has 1 aliphatic rings. The van der Waals surface area contributed by atoms with Gasteiger partial charge in [0.25, 0.3) is 5.91 Å². The summed E-state index contributed by atoms with van der Waals surface area (Å²) in [7, 11) is 0. The number of furan rings is 1. The molecule has 1 atom stereocenters. The molecule has 0 aliphatic carbocycles. The number of rotatable bonds is 2. The Morgan fingerprint density at radius 1 is 1.42 bits per heavy atom. The Labute approximate surface area is 137 Å². The van der Waals surface area contributed by atoms with Gasteiger partial charge in [-0.25, -0.2) is 9.89 Å². The molecule has 24 heavy (non-hydrogen) atoms. The maximum Gasteiger partial charge on any atom is 0.340 e. The van der Waals surface area contributed by atoms with Crippen molar-refractivity contribution >= 4 is 16.9 Å². The van der Waals surface area contributed by atoms with Crippen molar-refractivity contribution in [3.8, 4) is 0 Å². The van der Waals surface area contributed by atoms with Gasteiger partial charge < -0.3 is 9.32 Å². The van der Waals surface area contributed by atoms with E-state index in [1.807, 2.05) is 25.1 Å². The van der Waals surface area contributed by atoms with Crippen LogP contribution >= 0.6 is 0 Å². The van der Waals surface area contributed by atoms with E-state index in [4.69, 9.17) is 4.42 Å². The first-order valence-electron chi connectivity index (χ1n) is 8.05. The molecule has 0 saturated carbocycles. The van der Waals surface area contributed by atoms with Crippen molar-refractivity contribution in [2.45, 2.75) is 25.7 Å². The van der Waals surface area contributed by atoms with Crippen molar-refractivity contribution in [3.05, 3.63) is 51.9 Å². The van der Waals surface area contributed by atoms with Crippen molar-refractivity contribution in [2.75, 3.05) is 13.1 Å². The molecule has 4 rings (SSSR count). The van der Waals surface area contributed by atoms with E-state index in [1.165, 1.54) is 0 Å². The lowest BCUT2D eigenvalue weighted by Crippen LogP contribution is -2.39. The standard InChI is InChI=1S/C17H18N4O3/c1-10-4-2-5-11-8-13(24-14(10)11)16(22)21-7-3-6-12(9-21)15-18-17(23)20-19-15/h2,4-5,8,12H,3,6-7,9H2,1H3,(H2,18,19,20,23)/t12-/m0/s1. The van der Waals surface area contributed by atoms with E-state index in [0.717, 1.165) is 29.4 Å². The van der Waals surface area contributed by atoms with Gasteiger partial charge in [0.05, 0.1) is 0 Å². The van der Waals surface area contributed by atoms with E-state index in [9.17, 15) is 9.59 Å². The average molecular weight is 326 g/mol. The molecule has 1 aromatic carbocycles. The second-order valence-corrected chi connectivity index (χ2v) is 6.26. The maximum absolute atomic E-state index is 12.8. The van der Waals surface area contributed by atoms with Gasteiger partial charge in [0.1, 0.15) is 11.4 Å². The molecule has 3 aromatic rings. The molecule has 7 nitrogen and oxygen atoms in total. The number of para-hydroxylation sites is 1. The lowest BCUT2D eigenvalue weighted by Gasteiger charge is -2.30. The molecule has 124 valence electrons. The minimum Gasteiger partial charge on any atom is -0.451 e. The normalized spacial score (nSPS) is 18.2. The first-order chi connectivity index (χ1) is 11.6. The van der Waals surface area contributed by atoms with E-state index in [1.54, 1.807) is 11.0 Å². The van der Waals surface area contributed by atoms with Gasteiger partial charge in [-0.15, -0.1) is 0 Å². The predicted octanol–water partition coefficient (Wildman–Crippen LogP) is 2.17. The van der Waals surface area contributed by atoms with Crippen molar-refractivity contribution in [1.29, 1.82) is 0 Å². The van der Waals surface area contributed by atoms with Crippen LogP contribution in [0.1, 0.15) is 40.7 Å². The molecule has 1 fully saturated rings. The molecule has 1 amide bonds.